The molecule has 69 heavy (non-hydrogen) atoms. The number of ether oxygens (including phenoxy) is 2. The molecule has 0 aliphatic carbocycles. The summed E-state index contributed by atoms with van der Waals surface area (Å²) in [6.07, 6.45) is 45.2. The summed E-state index contributed by atoms with van der Waals surface area (Å²) in [6, 6.07) is -1.19. The van der Waals surface area contributed by atoms with Gasteiger partial charge in [0.05, 0.1) is 25.4 Å². The van der Waals surface area contributed by atoms with E-state index in [9.17, 15) is 40.5 Å². The third-order valence-electron chi connectivity index (χ3n) is 14.2. The molecular formula is C58H111NO10. The molecule has 1 aliphatic rings. The van der Waals surface area contributed by atoms with E-state index in [0.29, 0.717) is 19.3 Å². The van der Waals surface area contributed by atoms with Gasteiger partial charge in [0.15, 0.2) is 6.29 Å². The van der Waals surface area contributed by atoms with Gasteiger partial charge in [0.2, 0.25) is 5.91 Å². The van der Waals surface area contributed by atoms with Crippen LogP contribution in [0.25, 0.3) is 0 Å². The van der Waals surface area contributed by atoms with Gasteiger partial charge in [-0.05, 0) is 51.4 Å². The molecule has 1 amide bonds. The van der Waals surface area contributed by atoms with Gasteiger partial charge in [-0.2, -0.15) is 0 Å². The van der Waals surface area contributed by atoms with Crippen molar-refractivity contribution in [3.63, 3.8) is 0 Å². The highest BCUT2D eigenvalue weighted by atomic mass is 16.7. The second-order valence-corrected chi connectivity index (χ2v) is 20.7. The lowest BCUT2D eigenvalue weighted by atomic mass is 9.98. The highest BCUT2D eigenvalue weighted by Crippen LogP contribution is 2.23. The summed E-state index contributed by atoms with van der Waals surface area (Å²) in [4.78, 5) is 13.2. The van der Waals surface area contributed by atoms with E-state index in [4.69, 9.17) is 9.47 Å². The zero-order valence-corrected chi connectivity index (χ0v) is 44.6. The van der Waals surface area contributed by atoms with Crippen molar-refractivity contribution in [2.75, 3.05) is 13.2 Å². The Morgan fingerprint density at radius 2 is 0.870 bits per heavy atom. The quantitative estimate of drug-likeness (QED) is 0.0215. The zero-order valence-electron chi connectivity index (χ0n) is 44.6. The molecule has 9 atom stereocenters. The molecule has 8 N–H and O–H groups in total. The molecule has 1 saturated heterocycles. The van der Waals surface area contributed by atoms with Crippen LogP contribution in [-0.4, -0.2) is 110 Å². The predicted octanol–water partition coefficient (Wildman–Crippen LogP) is 12.1. The maximum atomic E-state index is 13.2. The molecule has 0 bridgehead atoms. The number of rotatable bonds is 50. The molecule has 11 heteroatoms. The van der Waals surface area contributed by atoms with Crippen LogP contribution in [0.2, 0.25) is 0 Å². The highest BCUT2D eigenvalue weighted by molar-refractivity contribution is 5.80. The molecule has 0 aromatic heterocycles. The molecule has 11 nitrogen and oxygen atoms in total. The van der Waals surface area contributed by atoms with Gasteiger partial charge in [-0.25, -0.2) is 0 Å². The average Bonchev–Trinajstić information content (AvgIpc) is 3.35. The van der Waals surface area contributed by atoms with Gasteiger partial charge in [0.25, 0.3) is 0 Å². The number of aliphatic hydroxyl groups is 7. The summed E-state index contributed by atoms with van der Waals surface area (Å²) in [5.41, 5.74) is 0. The molecule has 0 radical (unpaired) electrons. The SMILES string of the molecule is CCCCCCCCCC/C=C/CC/C=C/CCCC(O)C(O)C(COC1OC(CO)C(O)C(O)C1O)NC(=O)C(O)CCCCCCCCCCCCCCCCCCCCCCCCCCC. The second kappa shape index (κ2) is 47.6. The number of carbonyl (C=O) groups is 1. The van der Waals surface area contributed by atoms with Crippen molar-refractivity contribution >= 4 is 5.91 Å². The summed E-state index contributed by atoms with van der Waals surface area (Å²) >= 11 is 0. The summed E-state index contributed by atoms with van der Waals surface area (Å²) in [6.45, 7) is 3.46. The van der Waals surface area contributed by atoms with E-state index < -0.39 is 74.2 Å². The second-order valence-electron chi connectivity index (χ2n) is 20.7. The van der Waals surface area contributed by atoms with E-state index in [-0.39, 0.29) is 12.8 Å². The number of hydrogen-bond acceptors (Lipinski definition) is 10. The van der Waals surface area contributed by atoms with Gasteiger partial charge in [-0.15, -0.1) is 0 Å². The van der Waals surface area contributed by atoms with E-state index in [1.165, 1.54) is 186 Å². The smallest absolute Gasteiger partial charge is 0.249 e. The van der Waals surface area contributed by atoms with E-state index in [1.807, 2.05) is 0 Å². The van der Waals surface area contributed by atoms with E-state index in [2.05, 4.69) is 43.5 Å². The number of aliphatic hydroxyl groups excluding tert-OH is 7. The number of unbranched alkanes of at least 4 members (excludes halogenated alkanes) is 34. The molecule has 1 aliphatic heterocycles. The molecule has 1 heterocycles. The standard InChI is InChI=1S/C58H111NO10/c1-3-5-7-9-11-13-15-17-19-21-22-23-24-25-26-27-28-30-32-34-36-38-40-42-44-46-51(62)57(67)59-49(48-68-58-56(66)55(65)54(64)52(47-60)69-58)53(63)50(61)45-43-41-39-37-35-33-31-29-20-18-16-14-12-10-8-6-4-2/h29,31,37,39,49-56,58,60-66H,3-28,30,32-36,38,40-48H2,1-2H3,(H,59,67)/b31-29+,39-37+. The first-order valence-corrected chi connectivity index (χ1v) is 29.2. The van der Waals surface area contributed by atoms with Crippen LogP contribution in [0.15, 0.2) is 24.3 Å². The van der Waals surface area contributed by atoms with Crippen molar-refractivity contribution in [2.45, 2.75) is 326 Å². The fraction of sp³-hybridized carbons (Fsp3) is 0.914. The fourth-order valence-corrected chi connectivity index (χ4v) is 9.46. The first-order valence-electron chi connectivity index (χ1n) is 29.2. The average molecular weight is 983 g/mol. The topological polar surface area (TPSA) is 189 Å². The Labute approximate surface area is 423 Å². The lowest BCUT2D eigenvalue weighted by Gasteiger charge is -2.40. The molecule has 1 fully saturated rings. The van der Waals surface area contributed by atoms with Crippen molar-refractivity contribution in [2.24, 2.45) is 0 Å². The Balaban J connectivity index is 2.30. The summed E-state index contributed by atoms with van der Waals surface area (Å²) in [7, 11) is 0. The third kappa shape index (κ3) is 36.2. The van der Waals surface area contributed by atoms with E-state index in [1.54, 1.807) is 0 Å². The molecule has 0 saturated carbocycles. The normalized spacial score (nSPS) is 20.5. The Hall–Kier alpha value is -1.41. The van der Waals surface area contributed by atoms with Crippen molar-refractivity contribution in [1.29, 1.82) is 0 Å². The Bertz CT molecular complexity index is 1170. The summed E-state index contributed by atoms with van der Waals surface area (Å²) < 4.78 is 11.1. The van der Waals surface area contributed by atoms with Crippen LogP contribution < -0.4 is 5.32 Å². The van der Waals surface area contributed by atoms with Gasteiger partial charge in [-0.3, -0.25) is 4.79 Å². The number of amides is 1. The van der Waals surface area contributed by atoms with Crippen molar-refractivity contribution in [1.82, 2.24) is 5.32 Å². The minimum Gasteiger partial charge on any atom is -0.394 e. The molecule has 0 aromatic carbocycles. The summed E-state index contributed by atoms with van der Waals surface area (Å²) in [5.74, 6) is -0.706. The van der Waals surface area contributed by atoms with Gasteiger partial charge >= 0.3 is 0 Å². The maximum Gasteiger partial charge on any atom is 0.249 e. The highest BCUT2D eigenvalue weighted by Gasteiger charge is 2.44. The molecule has 408 valence electrons. The van der Waals surface area contributed by atoms with Crippen LogP contribution in [-0.2, 0) is 14.3 Å². The number of carbonyl (C=O) groups excluding carboxylic acids is 1. The molecule has 9 unspecified atom stereocenters. The van der Waals surface area contributed by atoms with E-state index >= 15 is 0 Å². The van der Waals surface area contributed by atoms with Gasteiger partial charge in [0.1, 0.15) is 36.6 Å². The largest absolute Gasteiger partial charge is 0.394 e. The lowest BCUT2D eigenvalue weighted by molar-refractivity contribution is -0.303. The van der Waals surface area contributed by atoms with E-state index in [0.717, 1.165) is 38.5 Å². The molecule has 1 rings (SSSR count). The Kier molecular flexibility index (Phi) is 45.2. The summed E-state index contributed by atoms with van der Waals surface area (Å²) in [5, 5.41) is 76.1. The first kappa shape index (κ1) is 65.6. The first-order chi connectivity index (χ1) is 33.7. The number of hydrogen-bond donors (Lipinski definition) is 8. The predicted molar refractivity (Wildman–Crippen MR) is 284 cm³/mol. The Morgan fingerprint density at radius 3 is 1.29 bits per heavy atom. The van der Waals surface area contributed by atoms with Crippen molar-refractivity contribution < 1.29 is 50.0 Å². The van der Waals surface area contributed by atoms with Crippen LogP contribution >= 0.6 is 0 Å². The maximum absolute atomic E-state index is 13.2. The third-order valence-corrected chi connectivity index (χ3v) is 14.2. The van der Waals surface area contributed by atoms with Crippen LogP contribution in [0.1, 0.15) is 271 Å². The van der Waals surface area contributed by atoms with Gasteiger partial charge < -0.3 is 50.5 Å². The van der Waals surface area contributed by atoms with Crippen LogP contribution in [0, 0.1) is 0 Å². The van der Waals surface area contributed by atoms with Crippen LogP contribution in [0.3, 0.4) is 0 Å². The monoisotopic (exact) mass is 982 g/mol. The minimum absolute atomic E-state index is 0.249. The van der Waals surface area contributed by atoms with Crippen molar-refractivity contribution in [3.05, 3.63) is 24.3 Å². The molecule has 0 aromatic rings. The minimum atomic E-state index is -1.67. The number of nitrogens with one attached hydrogen (secondary N) is 1. The molecule has 0 spiro atoms. The Morgan fingerprint density at radius 1 is 0.493 bits per heavy atom. The lowest BCUT2D eigenvalue weighted by Crippen LogP contribution is -2.60. The molecular weight excluding hydrogens is 871 g/mol. The van der Waals surface area contributed by atoms with Crippen LogP contribution in [0.5, 0.6) is 0 Å². The van der Waals surface area contributed by atoms with Crippen molar-refractivity contribution in [3.8, 4) is 0 Å². The van der Waals surface area contributed by atoms with Gasteiger partial charge in [-0.1, -0.05) is 244 Å². The fourth-order valence-electron chi connectivity index (χ4n) is 9.46. The zero-order chi connectivity index (χ0) is 50.4. The number of allylic oxidation sites excluding steroid dienone is 4. The van der Waals surface area contributed by atoms with Gasteiger partial charge in [0, 0.05) is 0 Å². The van der Waals surface area contributed by atoms with Crippen LogP contribution in [0.4, 0.5) is 0 Å².